The van der Waals surface area contributed by atoms with Crippen LogP contribution in [0.3, 0.4) is 0 Å². The third-order valence-electron chi connectivity index (χ3n) is 1.98. The standard InChI is InChI=1S/C8H8F2N4/c9-7(10)3-1-2-4-6(5(3)11)14-8(12)13-4/h1-2,7H,11H2,(H3,12,13,14). The summed E-state index contributed by atoms with van der Waals surface area (Å²) in [5.41, 5.74) is 11.5. The summed E-state index contributed by atoms with van der Waals surface area (Å²) in [4.78, 5) is 6.53. The summed E-state index contributed by atoms with van der Waals surface area (Å²) in [5.74, 6) is 0.165. The molecule has 0 fully saturated rings. The van der Waals surface area contributed by atoms with Crippen molar-refractivity contribution in [3.8, 4) is 0 Å². The quantitative estimate of drug-likeness (QED) is 0.609. The lowest BCUT2D eigenvalue weighted by atomic mass is 10.1. The van der Waals surface area contributed by atoms with E-state index in [-0.39, 0.29) is 17.2 Å². The Bertz CT molecular complexity index is 477. The first-order valence-corrected chi connectivity index (χ1v) is 3.91. The number of fused-ring (bicyclic) bond motifs is 1. The Morgan fingerprint density at radius 1 is 1.29 bits per heavy atom. The SMILES string of the molecule is Nc1nc2c(N)c(C(F)F)ccc2[nH]1. The molecule has 1 aromatic heterocycles. The number of nitrogens with zero attached hydrogens (tertiary/aromatic N) is 1. The number of aromatic amines is 1. The Morgan fingerprint density at radius 2 is 2.00 bits per heavy atom. The maximum absolute atomic E-state index is 12.4. The van der Waals surface area contributed by atoms with E-state index in [4.69, 9.17) is 11.5 Å². The van der Waals surface area contributed by atoms with Crippen LogP contribution in [-0.2, 0) is 0 Å². The molecule has 0 radical (unpaired) electrons. The molecule has 0 aliphatic rings. The summed E-state index contributed by atoms with van der Waals surface area (Å²) in [6.07, 6.45) is -2.60. The van der Waals surface area contributed by atoms with Crippen molar-refractivity contribution in [1.82, 2.24) is 9.97 Å². The molecular weight excluding hydrogens is 190 g/mol. The number of H-pyrrole nitrogens is 1. The fourth-order valence-corrected chi connectivity index (χ4v) is 1.32. The number of hydrogen-bond donors (Lipinski definition) is 3. The first kappa shape index (κ1) is 8.74. The van der Waals surface area contributed by atoms with E-state index in [9.17, 15) is 8.78 Å². The van der Waals surface area contributed by atoms with Gasteiger partial charge in [0.25, 0.3) is 6.43 Å². The lowest BCUT2D eigenvalue weighted by molar-refractivity contribution is 0.152. The lowest BCUT2D eigenvalue weighted by Gasteiger charge is -2.03. The second-order valence-electron chi connectivity index (χ2n) is 2.89. The predicted molar refractivity (Wildman–Crippen MR) is 49.9 cm³/mol. The molecule has 0 aliphatic carbocycles. The van der Waals surface area contributed by atoms with Crippen molar-refractivity contribution in [1.29, 1.82) is 0 Å². The third-order valence-corrected chi connectivity index (χ3v) is 1.98. The zero-order chi connectivity index (χ0) is 10.3. The third kappa shape index (κ3) is 1.15. The van der Waals surface area contributed by atoms with Gasteiger partial charge in [0.05, 0.1) is 11.2 Å². The maximum atomic E-state index is 12.4. The molecule has 2 rings (SSSR count). The average molecular weight is 198 g/mol. The molecule has 0 saturated heterocycles. The van der Waals surface area contributed by atoms with Crippen LogP contribution in [-0.4, -0.2) is 9.97 Å². The molecule has 74 valence electrons. The van der Waals surface area contributed by atoms with Crippen molar-refractivity contribution in [3.05, 3.63) is 17.7 Å². The van der Waals surface area contributed by atoms with Crippen molar-refractivity contribution in [2.75, 3.05) is 11.5 Å². The summed E-state index contributed by atoms with van der Waals surface area (Å²) in [7, 11) is 0. The van der Waals surface area contributed by atoms with E-state index < -0.39 is 6.43 Å². The maximum Gasteiger partial charge on any atom is 0.265 e. The molecule has 5 N–H and O–H groups in total. The molecule has 1 aromatic carbocycles. The Morgan fingerprint density at radius 3 is 2.64 bits per heavy atom. The van der Waals surface area contributed by atoms with Crippen LogP contribution >= 0.6 is 0 Å². The number of benzene rings is 1. The number of rotatable bonds is 1. The Labute approximate surface area is 77.9 Å². The zero-order valence-electron chi connectivity index (χ0n) is 7.09. The van der Waals surface area contributed by atoms with E-state index in [1.54, 1.807) is 0 Å². The smallest absolute Gasteiger partial charge is 0.265 e. The van der Waals surface area contributed by atoms with E-state index in [0.717, 1.165) is 0 Å². The van der Waals surface area contributed by atoms with E-state index in [2.05, 4.69) is 9.97 Å². The summed E-state index contributed by atoms with van der Waals surface area (Å²) < 4.78 is 24.8. The van der Waals surface area contributed by atoms with Crippen LogP contribution in [0.2, 0.25) is 0 Å². The Balaban J connectivity index is 2.74. The van der Waals surface area contributed by atoms with Gasteiger partial charge in [0.15, 0.2) is 5.95 Å². The van der Waals surface area contributed by atoms with Crippen LogP contribution in [0.25, 0.3) is 11.0 Å². The molecule has 0 saturated carbocycles. The van der Waals surface area contributed by atoms with Gasteiger partial charge in [-0.2, -0.15) is 0 Å². The molecule has 0 atom stereocenters. The molecule has 4 nitrogen and oxygen atoms in total. The fraction of sp³-hybridized carbons (Fsp3) is 0.125. The molecule has 0 aliphatic heterocycles. The number of aromatic nitrogens is 2. The van der Waals surface area contributed by atoms with Gasteiger partial charge in [0.1, 0.15) is 5.52 Å². The second-order valence-corrected chi connectivity index (χ2v) is 2.89. The number of hydrogen-bond acceptors (Lipinski definition) is 3. The Hall–Kier alpha value is -1.85. The van der Waals surface area contributed by atoms with Gasteiger partial charge in [-0.05, 0) is 12.1 Å². The molecule has 0 unspecified atom stereocenters. The van der Waals surface area contributed by atoms with Gasteiger partial charge < -0.3 is 16.5 Å². The monoisotopic (exact) mass is 198 g/mol. The number of halogens is 2. The molecule has 6 heteroatoms. The molecule has 0 bridgehead atoms. The summed E-state index contributed by atoms with van der Waals surface area (Å²) in [6, 6.07) is 2.75. The van der Waals surface area contributed by atoms with E-state index >= 15 is 0 Å². The van der Waals surface area contributed by atoms with Crippen LogP contribution < -0.4 is 11.5 Å². The van der Waals surface area contributed by atoms with Crippen LogP contribution in [0.15, 0.2) is 12.1 Å². The van der Waals surface area contributed by atoms with Crippen LogP contribution in [0.1, 0.15) is 12.0 Å². The summed E-state index contributed by atoms with van der Waals surface area (Å²) >= 11 is 0. The summed E-state index contributed by atoms with van der Waals surface area (Å²) in [6.45, 7) is 0. The van der Waals surface area contributed by atoms with Crippen molar-refractivity contribution in [2.45, 2.75) is 6.43 Å². The molecule has 2 aromatic rings. The Kier molecular flexibility index (Phi) is 1.77. The molecule has 0 spiro atoms. The molecule has 1 heterocycles. The molecule has 0 amide bonds. The molecule has 14 heavy (non-hydrogen) atoms. The minimum atomic E-state index is -2.60. The van der Waals surface area contributed by atoms with E-state index in [0.29, 0.717) is 11.0 Å². The van der Waals surface area contributed by atoms with Gasteiger partial charge >= 0.3 is 0 Å². The van der Waals surface area contributed by atoms with E-state index in [1.807, 2.05) is 0 Å². The average Bonchev–Trinajstić information content (AvgIpc) is 2.46. The van der Waals surface area contributed by atoms with Gasteiger partial charge in [0.2, 0.25) is 0 Å². The van der Waals surface area contributed by atoms with Crippen LogP contribution in [0.4, 0.5) is 20.4 Å². The highest BCUT2D eigenvalue weighted by Crippen LogP contribution is 2.30. The van der Waals surface area contributed by atoms with Gasteiger partial charge in [-0.15, -0.1) is 0 Å². The topological polar surface area (TPSA) is 80.7 Å². The van der Waals surface area contributed by atoms with Gasteiger partial charge in [0, 0.05) is 5.56 Å². The highest BCUT2D eigenvalue weighted by atomic mass is 19.3. The van der Waals surface area contributed by atoms with Crippen LogP contribution in [0.5, 0.6) is 0 Å². The highest BCUT2D eigenvalue weighted by molar-refractivity contribution is 5.90. The zero-order valence-corrected chi connectivity index (χ0v) is 7.09. The highest BCUT2D eigenvalue weighted by Gasteiger charge is 2.15. The van der Waals surface area contributed by atoms with Gasteiger partial charge in [-0.25, -0.2) is 13.8 Å². The number of anilines is 2. The first-order valence-electron chi connectivity index (χ1n) is 3.91. The molecular formula is C8H8F2N4. The fourth-order valence-electron chi connectivity index (χ4n) is 1.32. The van der Waals surface area contributed by atoms with Crippen molar-refractivity contribution in [3.63, 3.8) is 0 Å². The van der Waals surface area contributed by atoms with Crippen molar-refractivity contribution >= 4 is 22.7 Å². The number of nitrogen functional groups attached to an aromatic ring is 2. The van der Waals surface area contributed by atoms with Crippen LogP contribution in [0, 0.1) is 0 Å². The lowest BCUT2D eigenvalue weighted by Crippen LogP contribution is -1.95. The minimum Gasteiger partial charge on any atom is -0.397 e. The first-order chi connectivity index (χ1) is 6.59. The van der Waals surface area contributed by atoms with Crippen molar-refractivity contribution < 1.29 is 8.78 Å². The predicted octanol–water partition coefficient (Wildman–Crippen LogP) is 1.66. The van der Waals surface area contributed by atoms with Gasteiger partial charge in [-0.3, -0.25) is 0 Å². The normalized spacial score (nSPS) is 11.4. The number of imidazole rings is 1. The van der Waals surface area contributed by atoms with Gasteiger partial charge in [-0.1, -0.05) is 0 Å². The van der Waals surface area contributed by atoms with E-state index in [1.165, 1.54) is 12.1 Å². The number of alkyl halides is 2. The second kappa shape index (κ2) is 2.83. The number of nitrogens with one attached hydrogen (secondary N) is 1. The number of nitrogens with two attached hydrogens (primary N) is 2. The van der Waals surface area contributed by atoms with Crippen molar-refractivity contribution in [2.24, 2.45) is 0 Å². The summed E-state index contributed by atoms with van der Waals surface area (Å²) in [5, 5.41) is 0. The largest absolute Gasteiger partial charge is 0.397 e. The minimum absolute atomic E-state index is 0.0227.